The summed E-state index contributed by atoms with van der Waals surface area (Å²) in [5, 5.41) is 3.12. The van der Waals surface area contributed by atoms with E-state index in [9.17, 15) is 4.79 Å². The number of ether oxygens (including phenoxy) is 1. The second kappa shape index (κ2) is 7.32. The summed E-state index contributed by atoms with van der Waals surface area (Å²) in [5.41, 5.74) is 4.18. The molecule has 2 heterocycles. The van der Waals surface area contributed by atoms with Gasteiger partial charge >= 0.3 is 0 Å². The number of likely N-dealkylation sites (tertiary alicyclic amines) is 1. The molecule has 4 heteroatoms. The van der Waals surface area contributed by atoms with Crippen LogP contribution in [0.2, 0.25) is 0 Å². The van der Waals surface area contributed by atoms with E-state index in [1.165, 1.54) is 29.5 Å². The fraction of sp³-hybridized carbons (Fsp3) is 0.682. The number of aryl methyl sites for hydroxylation is 2. The van der Waals surface area contributed by atoms with Gasteiger partial charge in [-0.05, 0) is 62.5 Å². The molecule has 1 aromatic rings. The van der Waals surface area contributed by atoms with Crippen LogP contribution in [0.15, 0.2) is 18.2 Å². The average molecular weight is 357 g/mol. The van der Waals surface area contributed by atoms with Crippen molar-refractivity contribution in [3.8, 4) is 0 Å². The number of carbonyl (C=O) groups is 1. The minimum atomic E-state index is 0.0406. The normalized spacial score (nSPS) is 24.6. The van der Waals surface area contributed by atoms with Crippen LogP contribution in [0, 0.1) is 25.7 Å². The standard InChI is InChI=1S/C22H32N2O2/c1-16-3-4-17(2)19(11-16)13-24-14-22(15-24)20(8-10-26-22)7-9-23-21(25)12-18-5-6-18/h3-4,11,18,20H,5-10,12-15H2,1-2H3,(H,23,25)/t20-/m1/s1. The third-order valence-corrected chi connectivity index (χ3v) is 6.47. The predicted molar refractivity (Wildman–Crippen MR) is 103 cm³/mol. The van der Waals surface area contributed by atoms with Gasteiger partial charge in [-0.15, -0.1) is 0 Å². The molecule has 0 radical (unpaired) electrons. The van der Waals surface area contributed by atoms with E-state index >= 15 is 0 Å². The number of amides is 1. The Labute approximate surface area is 157 Å². The number of hydrogen-bond acceptors (Lipinski definition) is 3. The molecule has 3 fully saturated rings. The van der Waals surface area contributed by atoms with Gasteiger partial charge in [-0.3, -0.25) is 9.69 Å². The minimum absolute atomic E-state index is 0.0406. The van der Waals surface area contributed by atoms with Crippen molar-refractivity contribution < 1.29 is 9.53 Å². The van der Waals surface area contributed by atoms with Crippen molar-refractivity contribution in [1.82, 2.24) is 10.2 Å². The van der Waals surface area contributed by atoms with E-state index in [4.69, 9.17) is 4.74 Å². The first kappa shape index (κ1) is 18.0. The average Bonchev–Trinajstić information content (AvgIpc) is 3.28. The summed E-state index contributed by atoms with van der Waals surface area (Å²) in [6.45, 7) is 9.11. The largest absolute Gasteiger partial charge is 0.372 e. The van der Waals surface area contributed by atoms with E-state index in [0.717, 1.165) is 52.0 Å². The maximum Gasteiger partial charge on any atom is 0.220 e. The van der Waals surface area contributed by atoms with Gasteiger partial charge in [0.05, 0.1) is 5.60 Å². The van der Waals surface area contributed by atoms with Crippen LogP contribution in [0.4, 0.5) is 0 Å². The molecule has 1 aromatic carbocycles. The SMILES string of the molecule is Cc1ccc(C)c(CN2CC3(C2)OCC[C@H]3CCNC(=O)CC2CC2)c1. The molecule has 1 N–H and O–H groups in total. The molecule has 4 nitrogen and oxygen atoms in total. The zero-order valence-corrected chi connectivity index (χ0v) is 16.2. The molecule has 4 rings (SSSR count). The molecule has 3 aliphatic rings. The zero-order chi connectivity index (χ0) is 18.1. The third-order valence-electron chi connectivity index (χ3n) is 6.47. The number of carbonyl (C=O) groups excluding carboxylic acids is 1. The first-order chi connectivity index (χ1) is 12.5. The summed E-state index contributed by atoms with van der Waals surface area (Å²) in [7, 11) is 0. The molecule has 26 heavy (non-hydrogen) atoms. The Morgan fingerprint density at radius 3 is 2.85 bits per heavy atom. The molecule has 1 atom stereocenters. The number of nitrogens with one attached hydrogen (secondary N) is 1. The molecule has 1 saturated carbocycles. The molecule has 0 unspecified atom stereocenters. The molecule has 2 aliphatic heterocycles. The molecule has 0 bridgehead atoms. The Balaban J connectivity index is 1.25. The number of hydrogen-bond donors (Lipinski definition) is 1. The van der Waals surface area contributed by atoms with Crippen molar-refractivity contribution in [2.45, 2.75) is 58.1 Å². The fourth-order valence-corrected chi connectivity index (χ4v) is 4.62. The molecule has 0 aromatic heterocycles. The van der Waals surface area contributed by atoms with E-state index in [-0.39, 0.29) is 11.5 Å². The van der Waals surface area contributed by atoms with Gasteiger partial charge in [0.25, 0.3) is 0 Å². The van der Waals surface area contributed by atoms with Crippen LogP contribution in [0.5, 0.6) is 0 Å². The lowest BCUT2D eigenvalue weighted by molar-refractivity contribution is -0.137. The number of rotatable bonds is 7. The van der Waals surface area contributed by atoms with E-state index in [2.05, 4.69) is 42.3 Å². The van der Waals surface area contributed by atoms with Crippen LogP contribution >= 0.6 is 0 Å². The van der Waals surface area contributed by atoms with E-state index < -0.39 is 0 Å². The van der Waals surface area contributed by atoms with Gasteiger partial charge in [0, 0.05) is 39.2 Å². The van der Waals surface area contributed by atoms with Crippen LogP contribution in [-0.4, -0.2) is 42.6 Å². The highest BCUT2D eigenvalue weighted by Gasteiger charge is 2.52. The fourth-order valence-electron chi connectivity index (χ4n) is 4.62. The van der Waals surface area contributed by atoms with Gasteiger partial charge in [-0.25, -0.2) is 0 Å². The Bertz CT molecular complexity index is 662. The van der Waals surface area contributed by atoms with Gasteiger partial charge in [0.1, 0.15) is 0 Å². The highest BCUT2D eigenvalue weighted by molar-refractivity contribution is 5.76. The van der Waals surface area contributed by atoms with Gasteiger partial charge in [0.2, 0.25) is 5.91 Å². The van der Waals surface area contributed by atoms with Crippen LogP contribution in [-0.2, 0) is 16.1 Å². The minimum Gasteiger partial charge on any atom is -0.372 e. The highest BCUT2D eigenvalue weighted by atomic mass is 16.5. The monoisotopic (exact) mass is 356 g/mol. The Morgan fingerprint density at radius 1 is 1.27 bits per heavy atom. The smallest absolute Gasteiger partial charge is 0.220 e. The Morgan fingerprint density at radius 2 is 2.08 bits per heavy atom. The topological polar surface area (TPSA) is 41.6 Å². The summed E-state index contributed by atoms with van der Waals surface area (Å²) in [4.78, 5) is 14.4. The molecule has 1 spiro atoms. The Hall–Kier alpha value is -1.39. The summed E-state index contributed by atoms with van der Waals surface area (Å²) < 4.78 is 6.19. The third kappa shape index (κ3) is 3.96. The maximum absolute atomic E-state index is 11.9. The van der Waals surface area contributed by atoms with Gasteiger partial charge in [0.15, 0.2) is 0 Å². The highest BCUT2D eigenvalue weighted by Crippen LogP contribution is 2.42. The quantitative estimate of drug-likeness (QED) is 0.816. The van der Waals surface area contributed by atoms with Crippen molar-refractivity contribution in [1.29, 1.82) is 0 Å². The van der Waals surface area contributed by atoms with Crippen molar-refractivity contribution in [3.05, 3.63) is 34.9 Å². The number of benzene rings is 1. The second-order valence-electron chi connectivity index (χ2n) is 8.76. The predicted octanol–water partition coefficient (Wildman–Crippen LogP) is 3.20. The maximum atomic E-state index is 11.9. The van der Waals surface area contributed by atoms with Crippen molar-refractivity contribution >= 4 is 5.91 Å². The lowest BCUT2D eigenvalue weighted by Gasteiger charge is -2.50. The summed E-state index contributed by atoms with van der Waals surface area (Å²) in [6, 6.07) is 6.71. The lowest BCUT2D eigenvalue weighted by Crippen LogP contribution is -2.64. The summed E-state index contributed by atoms with van der Waals surface area (Å²) in [5.74, 6) is 1.49. The molecule has 2 saturated heterocycles. The van der Waals surface area contributed by atoms with E-state index in [1.54, 1.807) is 0 Å². The van der Waals surface area contributed by atoms with Crippen LogP contribution in [0.25, 0.3) is 0 Å². The van der Waals surface area contributed by atoms with Crippen LogP contribution in [0.3, 0.4) is 0 Å². The van der Waals surface area contributed by atoms with Crippen molar-refractivity contribution in [2.75, 3.05) is 26.2 Å². The molecular weight excluding hydrogens is 324 g/mol. The molecular formula is C22H32N2O2. The lowest BCUT2D eigenvalue weighted by atomic mass is 9.78. The van der Waals surface area contributed by atoms with Crippen molar-refractivity contribution in [3.63, 3.8) is 0 Å². The molecule has 1 aliphatic carbocycles. The summed E-state index contributed by atoms with van der Waals surface area (Å²) in [6.07, 6.45) is 5.39. The number of nitrogens with zero attached hydrogens (tertiary/aromatic N) is 1. The molecule has 1 amide bonds. The van der Waals surface area contributed by atoms with Gasteiger partial charge < -0.3 is 10.1 Å². The van der Waals surface area contributed by atoms with Crippen LogP contribution < -0.4 is 5.32 Å². The van der Waals surface area contributed by atoms with Gasteiger partial charge in [-0.1, -0.05) is 23.8 Å². The molecule has 142 valence electrons. The van der Waals surface area contributed by atoms with E-state index in [1.807, 2.05) is 0 Å². The summed E-state index contributed by atoms with van der Waals surface area (Å²) >= 11 is 0. The van der Waals surface area contributed by atoms with Gasteiger partial charge in [-0.2, -0.15) is 0 Å². The Kier molecular flexibility index (Phi) is 5.07. The second-order valence-corrected chi connectivity index (χ2v) is 8.76. The first-order valence-corrected chi connectivity index (χ1v) is 10.2. The van der Waals surface area contributed by atoms with Crippen LogP contribution in [0.1, 0.15) is 48.8 Å². The zero-order valence-electron chi connectivity index (χ0n) is 16.2. The first-order valence-electron chi connectivity index (χ1n) is 10.2. The van der Waals surface area contributed by atoms with Crippen molar-refractivity contribution in [2.24, 2.45) is 11.8 Å². The van der Waals surface area contributed by atoms with E-state index in [0.29, 0.717) is 11.8 Å².